The van der Waals surface area contributed by atoms with Crippen LogP contribution in [0.5, 0.6) is 0 Å². The van der Waals surface area contributed by atoms with E-state index in [1.165, 1.54) is 51.4 Å². The van der Waals surface area contributed by atoms with Crippen LogP contribution in [0.2, 0.25) is 0 Å². The molecule has 0 bridgehead atoms. The molecule has 1 aliphatic heterocycles. The minimum atomic E-state index is 0.273. The van der Waals surface area contributed by atoms with Crippen LogP contribution in [0.3, 0.4) is 0 Å². The van der Waals surface area contributed by atoms with Crippen LogP contribution in [0.15, 0.2) is 0 Å². The third-order valence-electron chi connectivity index (χ3n) is 6.20. The van der Waals surface area contributed by atoms with E-state index in [1.54, 1.807) is 0 Å². The lowest BCUT2D eigenvalue weighted by Crippen LogP contribution is -2.64. The van der Waals surface area contributed by atoms with Crippen LogP contribution in [-0.4, -0.2) is 42.3 Å². The highest BCUT2D eigenvalue weighted by atomic mass is 16.5. The van der Waals surface area contributed by atoms with E-state index in [0.29, 0.717) is 12.1 Å². The molecule has 122 valence electrons. The summed E-state index contributed by atoms with van der Waals surface area (Å²) in [5.41, 5.74) is 6.64. The third kappa shape index (κ3) is 3.16. The van der Waals surface area contributed by atoms with Gasteiger partial charge in [0.05, 0.1) is 12.7 Å². The summed E-state index contributed by atoms with van der Waals surface area (Å²) in [6.45, 7) is 7.58. The molecule has 1 heterocycles. The zero-order chi connectivity index (χ0) is 14.9. The van der Waals surface area contributed by atoms with Gasteiger partial charge >= 0.3 is 0 Å². The molecule has 3 rings (SSSR count). The number of hydrogen-bond donors (Lipinski definition) is 1. The molecule has 0 amide bonds. The second-order valence-corrected chi connectivity index (χ2v) is 8.12. The lowest BCUT2D eigenvalue weighted by molar-refractivity contribution is -0.111. The van der Waals surface area contributed by atoms with Crippen LogP contribution in [0, 0.1) is 11.8 Å². The molecule has 0 spiro atoms. The molecule has 0 aromatic carbocycles. The number of ether oxygens (including phenoxy) is 1. The Morgan fingerprint density at radius 3 is 2.86 bits per heavy atom. The molecular weight excluding hydrogens is 260 g/mol. The quantitative estimate of drug-likeness (QED) is 0.865. The smallest absolute Gasteiger partial charge is 0.0731 e. The van der Waals surface area contributed by atoms with Gasteiger partial charge in [-0.2, -0.15) is 0 Å². The molecule has 0 radical (unpaired) electrons. The van der Waals surface area contributed by atoms with Crippen molar-refractivity contribution in [3.63, 3.8) is 0 Å². The summed E-state index contributed by atoms with van der Waals surface area (Å²) >= 11 is 0. The summed E-state index contributed by atoms with van der Waals surface area (Å²) in [6, 6.07) is 0.653. The van der Waals surface area contributed by atoms with Crippen LogP contribution in [0.4, 0.5) is 0 Å². The average molecular weight is 294 g/mol. The summed E-state index contributed by atoms with van der Waals surface area (Å²) in [5.74, 6) is 1.69. The highest BCUT2D eigenvalue weighted by Gasteiger charge is 2.47. The van der Waals surface area contributed by atoms with Gasteiger partial charge in [0.1, 0.15) is 0 Å². The number of rotatable bonds is 4. The first-order valence-corrected chi connectivity index (χ1v) is 9.23. The first-order chi connectivity index (χ1) is 10.1. The number of hydrogen-bond acceptors (Lipinski definition) is 3. The molecule has 4 atom stereocenters. The fourth-order valence-electron chi connectivity index (χ4n) is 5.41. The molecule has 2 saturated carbocycles. The Kier molecular flexibility index (Phi) is 4.92. The van der Waals surface area contributed by atoms with Gasteiger partial charge in [0.15, 0.2) is 0 Å². The lowest BCUT2D eigenvalue weighted by atomic mass is 9.71. The fourth-order valence-corrected chi connectivity index (χ4v) is 5.41. The van der Waals surface area contributed by atoms with E-state index in [1.807, 2.05) is 0 Å². The van der Waals surface area contributed by atoms with Crippen LogP contribution < -0.4 is 5.73 Å². The van der Waals surface area contributed by atoms with Crippen molar-refractivity contribution >= 4 is 0 Å². The maximum atomic E-state index is 6.36. The zero-order valence-corrected chi connectivity index (χ0v) is 14.0. The molecule has 0 aromatic heterocycles. The first kappa shape index (κ1) is 15.8. The summed E-state index contributed by atoms with van der Waals surface area (Å²) in [4.78, 5) is 2.81. The van der Waals surface area contributed by atoms with Crippen LogP contribution >= 0.6 is 0 Å². The molecule has 2 N–H and O–H groups in total. The van der Waals surface area contributed by atoms with E-state index in [0.717, 1.165) is 31.5 Å². The largest absolute Gasteiger partial charge is 0.375 e. The minimum Gasteiger partial charge on any atom is -0.375 e. The van der Waals surface area contributed by atoms with Crippen LogP contribution in [0.1, 0.15) is 65.2 Å². The van der Waals surface area contributed by atoms with Crippen molar-refractivity contribution in [3.05, 3.63) is 0 Å². The van der Waals surface area contributed by atoms with Crippen molar-refractivity contribution in [3.8, 4) is 0 Å². The van der Waals surface area contributed by atoms with E-state index in [2.05, 4.69) is 18.7 Å². The summed E-state index contributed by atoms with van der Waals surface area (Å²) in [6.07, 6.45) is 11.2. The molecule has 2 aliphatic carbocycles. The fraction of sp³-hybridized carbons (Fsp3) is 1.00. The molecule has 3 heteroatoms. The van der Waals surface area contributed by atoms with Crippen molar-refractivity contribution in [1.82, 2.24) is 4.90 Å². The average Bonchev–Trinajstić information content (AvgIpc) is 2.95. The molecular formula is C18H34N2O. The predicted octanol–water partition coefficient (Wildman–Crippen LogP) is 3.17. The SMILES string of the molecule is CC(C)CC1CCCC(CN)(N2CCOC3CCCC32)C1. The zero-order valence-electron chi connectivity index (χ0n) is 14.0. The number of nitrogens with two attached hydrogens (primary N) is 1. The Balaban J connectivity index is 1.75. The standard InChI is InChI=1S/C18H34N2O/c1-14(2)11-15-5-4-8-18(12-15,13-19)20-9-10-21-17-7-3-6-16(17)20/h14-17H,3-13,19H2,1-2H3. The Morgan fingerprint density at radius 1 is 1.24 bits per heavy atom. The van der Waals surface area contributed by atoms with E-state index in [-0.39, 0.29) is 5.54 Å². The molecule has 3 aliphatic rings. The van der Waals surface area contributed by atoms with Crippen molar-refractivity contribution in [2.24, 2.45) is 17.6 Å². The van der Waals surface area contributed by atoms with Gasteiger partial charge in [0.2, 0.25) is 0 Å². The Hall–Kier alpha value is -0.120. The topological polar surface area (TPSA) is 38.5 Å². The maximum Gasteiger partial charge on any atom is 0.0731 e. The van der Waals surface area contributed by atoms with Crippen molar-refractivity contribution < 1.29 is 4.74 Å². The molecule has 3 nitrogen and oxygen atoms in total. The normalized spacial score (nSPS) is 41.4. The molecule has 0 aromatic rings. The maximum absolute atomic E-state index is 6.36. The van der Waals surface area contributed by atoms with Gasteiger partial charge in [-0.3, -0.25) is 4.90 Å². The highest BCUT2D eigenvalue weighted by molar-refractivity contribution is 5.03. The van der Waals surface area contributed by atoms with Gasteiger partial charge < -0.3 is 10.5 Å². The number of nitrogens with zero attached hydrogens (tertiary/aromatic N) is 1. The highest BCUT2D eigenvalue weighted by Crippen LogP contribution is 2.43. The molecule has 4 unspecified atom stereocenters. The van der Waals surface area contributed by atoms with E-state index in [9.17, 15) is 0 Å². The van der Waals surface area contributed by atoms with Crippen molar-refractivity contribution in [2.45, 2.75) is 82.9 Å². The summed E-state index contributed by atoms with van der Waals surface area (Å²) < 4.78 is 6.02. The second kappa shape index (κ2) is 6.55. The van der Waals surface area contributed by atoms with Gasteiger partial charge in [-0.25, -0.2) is 0 Å². The van der Waals surface area contributed by atoms with Crippen molar-refractivity contribution in [2.75, 3.05) is 19.7 Å². The summed E-state index contributed by atoms with van der Waals surface area (Å²) in [5, 5.41) is 0. The monoisotopic (exact) mass is 294 g/mol. The van der Waals surface area contributed by atoms with Crippen LogP contribution in [0.25, 0.3) is 0 Å². The number of fused-ring (bicyclic) bond motifs is 1. The molecule has 3 fully saturated rings. The van der Waals surface area contributed by atoms with Gasteiger partial charge in [-0.15, -0.1) is 0 Å². The van der Waals surface area contributed by atoms with Crippen molar-refractivity contribution in [1.29, 1.82) is 0 Å². The van der Waals surface area contributed by atoms with E-state index in [4.69, 9.17) is 10.5 Å². The predicted molar refractivity (Wildman–Crippen MR) is 87.3 cm³/mol. The van der Waals surface area contributed by atoms with E-state index >= 15 is 0 Å². The lowest BCUT2D eigenvalue weighted by Gasteiger charge is -2.53. The Bertz CT molecular complexity index is 346. The summed E-state index contributed by atoms with van der Waals surface area (Å²) in [7, 11) is 0. The van der Waals surface area contributed by atoms with E-state index < -0.39 is 0 Å². The Morgan fingerprint density at radius 2 is 2.10 bits per heavy atom. The van der Waals surface area contributed by atoms with Crippen LogP contribution in [-0.2, 0) is 4.74 Å². The molecule has 1 saturated heterocycles. The third-order valence-corrected chi connectivity index (χ3v) is 6.20. The first-order valence-electron chi connectivity index (χ1n) is 9.23. The Labute approximate surface area is 130 Å². The number of morpholine rings is 1. The van der Waals surface area contributed by atoms with Gasteiger partial charge in [0.25, 0.3) is 0 Å². The second-order valence-electron chi connectivity index (χ2n) is 8.12. The van der Waals surface area contributed by atoms with Gasteiger partial charge in [0, 0.05) is 24.7 Å². The van der Waals surface area contributed by atoms with Gasteiger partial charge in [-0.05, 0) is 50.4 Å². The molecule has 21 heavy (non-hydrogen) atoms. The minimum absolute atomic E-state index is 0.273. The van der Waals surface area contributed by atoms with Gasteiger partial charge in [-0.1, -0.05) is 26.7 Å².